The number of furan rings is 1. The van der Waals surface area contributed by atoms with E-state index < -0.39 is 0 Å². The van der Waals surface area contributed by atoms with E-state index in [0.29, 0.717) is 0 Å². The minimum absolute atomic E-state index is 0.0332. The number of phenols is 1. The van der Waals surface area contributed by atoms with Crippen molar-refractivity contribution in [3.8, 4) is 22.6 Å². The van der Waals surface area contributed by atoms with Crippen molar-refractivity contribution in [1.29, 1.82) is 0 Å². The first-order valence-corrected chi connectivity index (χ1v) is 17.2. The lowest BCUT2D eigenvalue weighted by atomic mass is 9.85. The number of benzene rings is 7. The summed E-state index contributed by atoms with van der Waals surface area (Å²) in [7, 11) is 0. The molecule has 0 aliphatic heterocycles. The molecule has 2 heterocycles. The van der Waals surface area contributed by atoms with Crippen LogP contribution >= 0.6 is 0 Å². The summed E-state index contributed by atoms with van der Waals surface area (Å²) in [5.41, 5.74) is 10.2. The molecule has 0 fully saturated rings. The van der Waals surface area contributed by atoms with Gasteiger partial charge < -0.3 is 14.1 Å². The predicted molar refractivity (Wildman–Crippen MR) is 208 cm³/mol. The maximum absolute atomic E-state index is 10.3. The summed E-state index contributed by atoms with van der Waals surface area (Å²) in [6.07, 6.45) is 0. The summed E-state index contributed by atoms with van der Waals surface area (Å²) in [5.74, 6) is 0.233. The van der Waals surface area contributed by atoms with Crippen molar-refractivity contribution < 1.29 is 9.52 Å². The minimum Gasteiger partial charge on any atom is -0.508 e. The number of nitrogens with zero attached hydrogens (tertiary/aromatic N) is 1. The third-order valence-corrected chi connectivity index (χ3v) is 10.4. The van der Waals surface area contributed by atoms with Gasteiger partial charge in [0, 0.05) is 32.3 Å². The molecule has 2 aromatic heterocycles. The Morgan fingerprint density at radius 1 is 0.469 bits per heavy atom. The highest BCUT2D eigenvalue weighted by Crippen LogP contribution is 2.46. The molecule has 9 rings (SSSR count). The molecule has 0 unspecified atom stereocenters. The van der Waals surface area contributed by atoms with Crippen molar-refractivity contribution >= 4 is 65.3 Å². The van der Waals surface area contributed by atoms with Gasteiger partial charge in [0.1, 0.15) is 16.9 Å². The second kappa shape index (κ2) is 10.2. The van der Waals surface area contributed by atoms with Crippen LogP contribution in [0, 0.1) is 0 Å². The van der Waals surface area contributed by atoms with Gasteiger partial charge in [-0.15, -0.1) is 0 Å². The molecule has 9 aromatic rings. The maximum Gasteiger partial charge on any atom is 0.135 e. The first-order valence-electron chi connectivity index (χ1n) is 17.2. The van der Waals surface area contributed by atoms with Gasteiger partial charge in [-0.25, -0.2) is 0 Å². The molecule has 0 atom stereocenters. The van der Waals surface area contributed by atoms with Crippen molar-refractivity contribution in [2.24, 2.45) is 0 Å². The van der Waals surface area contributed by atoms with E-state index >= 15 is 0 Å². The van der Waals surface area contributed by atoms with Crippen molar-refractivity contribution in [1.82, 2.24) is 4.57 Å². The second-order valence-corrected chi connectivity index (χ2v) is 15.6. The fourth-order valence-corrected chi connectivity index (χ4v) is 7.78. The monoisotopic (exact) mass is 637 g/mol. The number of hydrogen-bond donors (Lipinski definition) is 1. The van der Waals surface area contributed by atoms with Crippen molar-refractivity contribution in [2.45, 2.75) is 52.4 Å². The SMILES string of the molecule is CC(C)(C)c1ccc2c(c1)c1cc(C(C)(C)C)ccc1n2-c1c2ccccc2c(-c2ccc3oc4ccc(O)cc4c3c2)c2ccccc12. The van der Waals surface area contributed by atoms with E-state index in [9.17, 15) is 5.11 Å². The Labute approximate surface area is 286 Å². The smallest absolute Gasteiger partial charge is 0.135 e. The van der Waals surface area contributed by atoms with Crippen LogP contribution in [-0.2, 0) is 10.8 Å². The van der Waals surface area contributed by atoms with Gasteiger partial charge >= 0.3 is 0 Å². The number of aromatic nitrogens is 1. The molecule has 0 aliphatic rings. The normalized spacial score (nSPS) is 12.8. The Kier molecular flexibility index (Phi) is 6.18. The molecule has 240 valence electrons. The Morgan fingerprint density at radius 2 is 0.959 bits per heavy atom. The van der Waals surface area contributed by atoms with Crippen molar-refractivity contribution in [3.63, 3.8) is 0 Å². The lowest BCUT2D eigenvalue weighted by Gasteiger charge is -2.21. The summed E-state index contributed by atoms with van der Waals surface area (Å²) in [5, 5.41) is 19.6. The Bertz CT molecular complexity index is 2670. The molecule has 1 N–H and O–H groups in total. The molecular formula is C46H39NO2. The van der Waals surface area contributed by atoms with Gasteiger partial charge in [0.2, 0.25) is 0 Å². The molecule has 3 heteroatoms. The third kappa shape index (κ3) is 4.49. The molecule has 0 radical (unpaired) electrons. The first kappa shape index (κ1) is 29.6. The van der Waals surface area contributed by atoms with Gasteiger partial charge in [0.05, 0.1) is 16.7 Å². The second-order valence-electron chi connectivity index (χ2n) is 15.6. The number of fused-ring (bicyclic) bond motifs is 8. The number of aromatic hydroxyl groups is 1. The molecule has 0 saturated heterocycles. The van der Waals surface area contributed by atoms with Gasteiger partial charge in [-0.3, -0.25) is 0 Å². The highest BCUT2D eigenvalue weighted by Gasteiger charge is 2.24. The number of phenolic OH excluding ortho intramolecular Hbond substituents is 1. The molecule has 0 aliphatic carbocycles. The lowest BCUT2D eigenvalue weighted by molar-refractivity contribution is 0.476. The minimum atomic E-state index is 0.0332. The van der Waals surface area contributed by atoms with E-state index in [4.69, 9.17) is 4.42 Å². The topological polar surface area (TPSA) is 38.3 Å². The van der Waals surface area contributed by atoms with Crippen molar-refractivity contribution in [2.75, 3.05) is 0 Å². The molecule has 49 heavy (non-hydrogen) atoms. The predicted octanol–water partition coefficient (Wildman–Crippen LogP) is 13.0. The summed E-state index contributed by atoms with van der Waals surface area (Å²) >= 11 is 0. The largest absolute Gasteiger partial charge is 0.508 e. The van der Waals surface area contributed by atoms with Crippen LogP contribution in [-0.4, -0.2) is 9.67 Å². The van der Waals surface area contributed by atoms with Crippen LogP contribution in [0.2, 0.25) is 0 Å². The molecule has 0 bridgehead atoms. The average Bonchev–Trinajstić information content (AvgIpc) is 3.60. The molecule has 3 nitrogen and oxygen atoms in total. The fourth-order valence-electron chi connectivity index (χ4n) is 7.78. The summed E-state index contributed by atoms with van der Waals surface area (Å²) in [6, 6.07) is 43.5. The van der Waals surface area contributed by atoms with E-state index in [2.05, 4.69) is 149 Å². The van der Waals surface area contributed by atoms with E-state index in [1.54, 1.807) is 12.1 Å². The fraction of sp³-hybridized carbons (Fsp3) is 0.174. The molecule has 0 amide bonds. The molecular weight excluding hydrogens is 599 g/mol. The average molecular weight is 638 g/mol. The van der Waals surface area contributed by atoms with Gasteiger partial charge in [-0.1, -0.05) is 108 Å². The van der Waals surface area contributed by atoms with Gasteiger partial charge in [-0.05, 0) is 98.5 Å². The third-order valence-electron chi connectivity index (χ3n) is 10.4. The standard InChI is InChI=1S/C46H39NO2/c1-45(2,3)28-16-19-39-35(24-28)36-25-29(46(4,5)6)17-20-40(36)47(39)44-33-13-9-7-11-31(33)43(32-12-8-10-14-34(32)44)27-15-21-41-37(23-27)38-26-30(48)18-22-42(38)49-41/h7-26,48H,1-6H3. The summed E-state index contributed by atoms with van der Waals surface area (Å²) in [6.45, 7) is 13.8. The Morgan fingerprint density at radius 3 is 1.49 bits per heavy atom. The Balaban J connectivity index is 1.41. The van der Waals surface area contributed by atoms with Gasteiger partial charge in [-0.2, -0.15) is 0 Å². The molecule has 0 spiro atoms. The van der Waals surface area contributed by atoms with E-state index in [0.717, 1.165) is 27.5 Å². The number of hydrogen-bond acceptors (Lipinski definition) is 2. The van der Waals surface area contributed by atoms with Crippen LogP contribution in [0.25, 0.3) is 82.1 Å². The van der Waals surface area contributed by atoms with Crippen LogP contribution in [0.4, 0.5) is 0 Å². The van der Waals surface area contributed by atoms with Crippen LogP contribution in [0.15, 0.2) is 126 Å². The van der Waals surface area contributed by atoms with Crippen LogP contribution < -0.4 is 0 Å². The van der Waals surface area contributed by atoms with Crippen LogP contribution in [0.3, 0.4) is 0 Å². The molecule has 0 saturated carbocycles. The zero-order valence-electron chi connectivity index (χ0n) is 28.8. The quantitative estimate of drug-likeness (QED) is 0.192. The Hall–Kier alpha value is -5.54. The summed E-state index contributed by atoms with van der Waals surface area (Å²) < 4.78 is 8.67. The summed E-state index contributed by atoms with van der Waals surface area (Å²) in [4.78, 5) is 0. The van der Waals surface area contributed by atoms with E-state index in [1.807, 2.05) is 6.07 Å². The maximum atomic E-state index is 10.3. The zero-order chi connectivity index (χ0) is 33.8. The highest BCUT2D eigenvalue weighted by atomic mass is 16.3. The van der Waals surface area contributed by atoms with Crippen LogP contribution in [0.1, 0.15) is 52.7 Å². The number of rotatable bonds is 2. The molecule has 7 aromatic carbocycles. The first-order chi connectivity index (χ1) is 23.5. The van der Waals surface area contributed by atoms with Gasteiger partial charge in [0.15, 0.2) is 0 Å². The van der Waals surface area contributed by atoms with Gasteiger partial charge in [0.25, 0.3) is 0 Å². The van der Waals surface area contributed by atoms with Crippen molar-refractivity contribution in [3.05, 3.63) is 132 Å². The van der Waals surface area contributed by atoms with E-state index in [-0.39, 0.29) is 16.6 Å². The van der Waals surface area contributed by atoms with E-state index in [1.165, 1.54) is 65.7 Å². The lowest BCUT2D eigenvalue weighted by Crippen LogP contribution is -2.10. The van der Waals surface area contributed by atoms with Crippen LogP contribution in [0.5, 0.6) is 5.75 Å². The zero-order valence-corrected chi connectivity index (χ0v) is 28.8. The highest BCUT2D eigenvalue weighted by molar-refractivity contribution is 6.21.